The number of primary amides is 1. The van der Waals surface area contributed by atoms with Crippen LogP contribution < -0.4 is 11.1 Å². The summed E-state index contributed by atoms with van der Waals surface area (Å²) in [6, 6.07) is 4.88. The number of nitrogens with one attached hydrogen (secondary N) is 1. The van der Waals surface area contributed by atoms with E-state index < -0.39 is 42.5 Å². The number of carbonyl (C=O) groups is 2. The Morgan fingerprint density at radius 2 is 1.73 bits per heavy atom. The fourth-order valence-electron chi connectivity index (χ4n) is 4.93. The second-order valence-electron chi connectivity index (χ2n) is 10.1. The fraction of sp³-hybridized carbons (Fsp3) is 0.630. The number of aliphatic hydroxyl groups is 2. The molecule has 1 aliphatic rings. The number of methoxy groups -OCH3 is 2. The van der Waals surface area contributed by atoms with Crippen molar-refractivity contribution in [3.05, 3.63) is 35.4 Å². The van der Waals surface area contributed by atoms with Crippen LogP contribution in [0.3, 0.4) is 0 Å². The molecule has 0 saturated carbocycles. The summed E-state index contributed by atoms with van der Waals surface area (Å²) in [5.74, 6) is -0.653. The van der Waals surface area contributed by atoms with Gasteiger partial charge in [0.15, 0.2) is 6.10 Å². The summed E-state index contributed by atoms with van der Waals surface area (Å²) in [6.45, 7) is 5.63. The zero-order valence-corrected chi connectivity index (χ0v) is 22.3. The number of hydrogen-bond donors (Lipinski definition) is 5. The Kier molecular flexibility index (Phi) is 11.8. The van der Waals surface area contributed by atoms with E-state index in [1.807, 2.05) is 13.8 Å². The molecule has 0 fully saturated rings. The smallest absolute Gasteiger partial charge is 0.405 e. The molecule has 6 N–H and O–H groups in total. The van der Waals surface area contributed by atoms with Crippen LogP contribution in [0.2, 0.25) is 0 Å². The molecule has 10 heteroatoms. The molecule has 1 heterocycles. The van der Waals surface area contributed by atoms with Crippen LogP contribution >= 0.6 is 0 Å². The number of phenols is 1. The minimum Gasteiger partial charge on any atom is -0.508 e. The van der Waals surface area contributed by atoms with E-state index in [0.29, 0.717) is 24.1 Å². The highest BCUT2D eigenvalue weighted by atomic mass is 16.6. The molecule has 2 amide bonds. The SMILES string of the molecule is CO[C@H]1C[C@H](C)Cc2cc(O)cc(c2)NC(=O)CC(O)CC[C@H](OC)[C@@H](OC(N)=O)C(C)=C[C@H](C)[C@H]1O. The maximum Gasteiger partial charge on any atom is 0.405 e. The van der Waals surface area contributed by atoms with Crippen molar-refractivity contribution in [3.63, 3.8) is 0 Å². The highest BCUT2D eigenvalue weighted by Gasteiger charge is 2.30. The predicted octanol–water partition coefficient (Wildman–Crippen LogP) is 2.88. The summed E-state index contributed by atoms with van der Waals surface area (Å²) in [5.41, 5.74) is 7.21. The lowest BCUT2D eigenvalue weighted by Gasteiger charge is -2.30. The van der Waals surface area contributed by atoms with Crippen molar-refractivity contribution in [3.8, 4) is 5.75 Å². The molecular formula is C27H42N2O8. The Labute approximate surface area is 218 Å². The number of rotatable bonds is 3. The minimum absolute atomic E-state index is 0.0208. The van der Waals surface area contributed by atoms with Gasteiger partial charge in [-0.05, 0) is 61.8 Å². The van der Waals surface area contributed by atoms with Crippen molar-refractivity contribution in [1.82, 2.24) is 0 Å². The van der Waals surface area contributed by atoms with Crippen LogP contribution in [-0.4, -0.2) is 72.1 Å². The molecule has 208 valence electrons. The Bertz CT molecular complexity index is 937. The number of ether oxygens (including phenoxy) is 3. The lowest BCUT2D eigenvalue weighted by Crippen LogP contribution is -2.38. The van der Waals surface area contributed by atoms with Gasteiger partial charge in [0, 0.05) is 31.9 Å². The van der Waals surface area contributed by atoms with Gasteiger partial charge < -0.3 is 40.6 Å². The molecule has 0 saturated heterocycles. The van der Waals surface area contributed by atoms with Gasteiger partial charge >= 0.3 is 6.09 Å². The van der Waals surface area contributed by atoms with Crippen molar-refractivity contribution in [2.75, 3.05) is 19.5 Å². The summed E-state index contributed by atoms with van der Waals surface area (Å²) >= 11 is 0. The summed E-state index contributed by atoms with van der Waals surface area (Å²) in [7, 11) is 3.01. The number of carbonyl (C=O) groups excluding carboxylic acids is 2. The largest absolute Gasteiger partial charge is 0.508 e. The molecule has 1 aliphatic heterocycles. The van der Waals surface area contributed by atoms with Crippen molar-refractivity contribution in [2.45, 2.75) is 83.4 Å². The average molecular weight is 523 g/mol. The van der Waals surface area contributed by atoms with Crippen LogP contribution in [0.15, 0.2) is 29.8 Å². The van der Waals surface area contributed by atoms with E-state index in [9.17, 15) is 24.9 Å². The van der Waals surface area contributed by atoms with Crippen LogP contribution in [0.4, 0.5) is 10.5 Å². The Hall–Kier alpha value is -2.66. The zero-order valence-electron chi connectivity index (χ0n) is 22.3. The van der Waals surface area contributed by atoms with Gasteiger partial charge in [-0.3, -0.25) is 4.79 Å². The van der Waals surface area contributed by atoms with Gasteiger partial charge in [-0.15, -0.1) is 0 Å². The van der Waals surface area contributed by atoms with Crippen LogP contribution in [0.1, 0.15) is 52.0 Å². The van der Waals surface area contributed by atoms with E-state index in [1.54, 1.807) is 32.2 Å². The first-order chi connectivity index (χ1) is 17.4. The molecule has 1 aromatic carbocycles. The lowest BCUT2D eigenvalue weighted by molar-refractivity contribution is -0.118. The second kappa shape index (κ2) is 14.3. The fourth-order valence-corrected chi connectivity index (χ4v) is 4.93. The van der Waals surface area contributed by atoms with Crippen LogP contribution in [0, 0.1) is 11.8 Å². The monoisotopic (exact) mass is 522 g/mol. The first-order valence-electron chi connectivity index (χ1n) is 12.6. The lowest BCUT2D eigenvalue weighted by atomic mass is 9.88. The molecule has 7 atom stereocenters. The average Bonchev–Trinajstić information content (AvgIpc) is 2.80. The first kappa shape index (κ1) is 30.6. The van der Waals surface area contributed by atoms with Gasteiger partial charge in [0.2, 0.25) is 5.91 Å². The number of aliphatic hydroxyl groups excluding tert-OH is 2. The molecule has 0 aromatic heterocycles. The standard InChI is InChI=1S/C27H42N2O8/c1-15-8-18-11-19(13-21(31)12-18)29-24(32)14-20(30)6-7-22(35-4)26(37-27(28)34)17(3)10-16(2)25(33)23(9-15)36-5/h10-13,15-16,20,22-23,25-26,30-31,33H,6-9,14H2,1-5H3,(H2,28,34)(H,29,32)/t15-,16+,20?,22+,23+,25-,26+/m1/s1. The molecule has 10 nitrogen and oxygen atoms in total. The number of amides is 2. The molecule has 1 unspecified atom stereocenters. The van der Waals surface area contributed by atoms with E-state index >= 15 is 0 Å². The molecule has 0 aliphatic carbocycles. The molecule has 2 bridgehead atoms. The molecule has 2 rings (SSSR count). The number of nitrogens with two attached hydrogens (primary N) is 1. The van der Waals surface area contributed by atoms with Crippen molar-refractivity contribution >= 4 is 17.7 Å². The highest BCUT2D eigenvalue weighted by Crippen LogP contribution is 2.27. The summed E-state index contributed by atoms with van der Waals surface area (Å²) in [6.07, 6.45) is -1.50. The third kappa shape index (κ3) is 9.62. The van der Waals surface area contributed by atoms with E-state index in [-0.39, 0.29) is 36.8 Å². The zero-order chi connectivity index (χ0) is 27.7. The van der Waals surface area contributed by atoms with Crippen LogP contribution in [-0.2, 0) is 25.4 Å². The summed E-state index contributed by atoms with van der Waals surface area (Å²) < 4.78 is 16.6. The van der Waals surface area contributed by atoms with Crippen LogP contribution in [0.25, 0.3) is 0 Å². The van der Waals surface area contributed by atoms with Crippen molar-refractivity contribution < 1.29 is 39.1 Å². The number of fused-ring (bicyclic) bond motifs is 2. The molecular weight excluding hydrogens is 480 g/mol. The van der Waals surface area contributed by atoms with E-state index in [1.165, 1.54) is 13.2 Å². The van der Waals surface area contributed by atoms with E-state index in [4.69, 9.17) is 19.9 Å². The Balaban J connectivity index is 2.41. The van der Waals surface area contributed by atoms with Gasteiger partial charge in [-0.2, -0.15) is 0 Å². The number of hydrogen-bond acceptors (Lipinski definition) is 8. The summed E-state index contributed by atoms with van der Waals surface area (Å²) in [4.78, 5) is 24.2. The van der Waals surface area contributed by atoms with E-state index in [0.717, 1.165) is 5.56 Å². The molecule has 0 spiro atoms. The maximum absolute atomic E-state index is 12.6. The van der Waals surface area contributed by atoms with Crippen LogP contribution in [0.5, 0.6) is 5.75 Å². The van der Waals surface area contributed by atoms with Gasteiger partial charge in [-0.1, -0.05) is 19.9 Å². The topological polar surface area (TPSA) is 161 Å². The quantitative estimate of drug-likeness (QED) is 0.379. The highest BCUT2D eigenvalue weighted by molar-refractivity contribution is 5.91. The molecule has 1 aromatic rings. The number of anilines is 1. The molecule has 37 heavy (non-hydrogen) atoms. The van der Waals surface area contributed by atoms with Crippen molar-refractivity contribution in [1.29, 1.82) is 0 Å². The summed E-state index contributed by atoms with van der Waals surface area (Å²) in [5, 5.41) is 34.5. The minimum atomic E-state index is -0.974. The maximum atomic E-state index is 12.6. The third-order valence-corrected chi connectivity index (χ3v) is 6.77. The Morgan fingerprint density at radius 3 is 2.35 bits per heavy atom. The third-order valence-electron chi connectivity index (χ3n) is 6.77. The van der Waals surface area contributed by atoms with E-state index in [2.05, 4.69) is 5.32 Å². The number of benzene rings is 1. The van der Waals surface area contributed by atoms with Gasteiger partial charge in [0.05, 0.1) is 30.8 Å². The van der Waals surface area contributed by atoms with Crippen molar-refractivity contribution in [2.24, 2.45) is 17.6 Å². The number of aromatic hydroxyl groups is 1. The Morgan fingerprint density at radius 1 is 1.05 bits per heavy atom. The van der Waals surface area contributed by atoms with Gasteiger partial charge in [0.25, 0.3) is 0 Å². The second-order valence-corrected chi connectivity index (χ2v) is 10.1. The normalized spacial score (nSPS) is 30.7. The molecule has 0 radical (unpaired) electrons. The predicted molar refractivity (Wildman–Crippen MR) is 139 cm³/mol. The first-order valence-corrected chi connectivity index (χ1v) is 12.6. The van der Waals surface area contributed by atoms with Gasteiger partial charge in [0.1, 0.15) is 5.75 Å². The number of phenolic OH excluding ortho intramolecular Hbond substituents is 1. The van der Waals surface area contributed by atoms with Gasteiger partial charge in [-0.25, -0.2) is 4.79 Å².